The molecule has 0 radical (unpaired) electrons. The Hall–Kier alpha value is -0.650. The molecule has 0 spiro atoms. The second kappa shape index (κ2) is 7.56. The third-order valence-corrected chi connectivity index (χ3v) is 4.60. The zero-order valence-corrected chi connectivity index (χ0v) is 12.9. The molecule has 2 saturated heterocycles. The highest BCUT2D eigenvalue weighted by Gasteiger charge is 2.27. The first-order valence-corrected chi connectivity index (χ1v) is 8.55. The monoisotopic (exact) mass is 296 g/mol. The van der Waals surface area contributed by atoms with E-state index < -0.39 is 0 Å². The van der Waals surface area contributed by atoms with Crippen molar-refractivity contribution >= 4 is 5.91 Å². The molecule has 21 heavy (non-hydrogen) atoms. The summed E-state index contributed by atoms with van der Waals surface area (Å²) in [5.74, 6) is 0.245. The van der Waals surface area contributed by atoms with Gasteiger partial charge in [-0.3, -0.25) is 4.79 Å². The van der Waals surface area contributed by atoms with Gasteiger partial charge in [-0.25, -0.2) is 0 Å². The molecule has 2 aliphatic heterocycles. The van der Waals surface area contributed by atoms with Gasteiger partial charge in [0.2, 0.25) is 5.91 Å². The van der Waals surface area contributed by atoms with Crippen LogP contribution >= 0.6 is 0 Å². The average molecular weight is 296 g/mol. The average Bonchev–Trinajstić information content (AvgIpc) is 2.94. The molecule has 2 unspecified atom stereocenters. The van der Waals surface area contributed by atoms with Crippen molar-refractivity contribution in [2.75, 3.05) is 32.8 Å². The van der Waals surface area contributed by atoms with E-state index in [0.717, 1.165) is 58.5 Å². The maximum absolute atomic E-state index is 12.5. The van der Waals surface area contributed by atoms with E-state index in [9.17, 15) is 4.79 Å². The van der Waals surface area contributed by atoms with Crippen molar-refractivity contribution in [3.63, 3.8) is 0 Å². The number of hydrogen-bond acceptors (Lipinski definition) is 4. The zero-order chi connectivity index (χ0) is 14.5. The molecule has 2 atom stereocenters. The number of ether oxygens (including phenoxy) is 2. The van der Waals surface area contributed by atoms with Gasteiger partial charge in [0.1, 0.15) is 0 Å². The van der Waals surface area contributed by atoms with Gasteiger partial charge in [-0.1, -0.05) is 0 Å². The summed E-state index contributed by atoms with van der Waals surface area (Å²) in [4.78, 5) is 14.5. The second-order valence-corrected chi connectivity index (χ2v) is 6.55. The van der Waals surface area contributed by atoms with Crippen LogP contribution in [0.4, 0.5) is 0 Å². The Morgan fingerprint density at radius 3 is 2.10 bits per heavy atom. The Morgan fingerprint density at radius 1 is 1.00 bits per heavy atom. The number of amides is 1. The first-order chi connectivity index (χ1) is 10.3. The van der Waals surface area contributed by atoms with Crippen molar-refractivity contribution in [1.82, 2.24) is 10.2 Å². The van der Waals surface area contributed by atoms with Gasteiger partial charge in [-0.2, -0.15) is 0 Å². The van der Waals surface area contributed by atoms with Crippen LogP contribution in [0.15, 0.2) is 0 Å². The number of nitrogens with zero attached hydrogens (tertiary/aromatic N) is 1. The van der Waals surface area contributed by atoms with Crippen molar-refractivity contribution in [3.8, 4) is 0 Å². The normalized spacial score (nSPS) is 29.0. The summed E-state index contributed by atoms with van der Waals surface area (Å²) in [6.07, 6.45) is 7.99. The van der Waals surface area contributed by atoms with Gasteiger partial charge in [-0.15, -0.1) is 0 Å². The van der Waals surface area contributed by atoms with Crippen LogP contribution in [0.5, 0.6) is 0 Å². The maximum Gasteiger partial charge on any atom is 0.224 e. The zero-order valence-electron chi connectivity index (χ0n) is 12.9. The molecule has 3 fully saturated rings. The van der Waals surface area contributed by atoms with Gasteiger partial charge in [0, 0.05) is 45.3 Å². The minimum absolute atomic E-state index is 0.228. The van der Waals surface area contributed by atoms with Crippen LogP contribution < -0.4 is 5.32 Å². The second-order valence-electron chi connectivity index (χ2n) is 6.55. The molecule has 3 rings (SSSR count). The fourth-order valence-corrected chi connectivity index (χ4v) is 3.18. The number of nitrogens with one attached hydrogen (secondary N) is 1. The molecule has 1 N–H and O–H groups in total. The van der Waals surface area contributed by atoms with E-state index in [-0.39, 0.29) is 18.1 Å². The van der Waals surface area contributed by atoms with Gasteiger partial charge in [0.15, 0.2) is 0 Å². The van der Waals surface area contributed by atoms with E-state index in [0.29, 0.717) is 12.5 Å². The summed E-state index contributed by atoms with van der Waals surface area (Å²) in [7, 11) is 0. The summed E-state index contributed by atoms with van der Waals surface area (Å²) in [5, 5.41) is 3.42. The van der Waals surface area contributed by atoms with Crippen molar-refractivity contribution in [1.29, 1.82) is 0 Å². The molecule has 5 heteroatoms. The Labute approximate surface area is 127 Å². The van der Waals surface area contributed by atoms with Gasteiger partial charge in [0.05, 0.1) is 12.2 Å². The first kappa shape index (κ1) is 15.3. The molecule has 0 aromatic rings. The van der Waals surface area contributed by atoms with Crippen LogP contribution in [-0.2, 0) is 14.3 Å². The van der Waals surface area contributed by atoms with Crippen molar-refractivity contribution in [2.45, 2.75) is 63.2 Å². The SMILES string of the molecule is O=C(CCNC1CC1)N(CC1CCCO1)CC1CCCO1. The molecular formula is C16H28N2O3. The quantitative estimate of drug-likeness (QED) is 0.734. The molecule has 3 aliphatic rings. The fraction of sp³-hybridized carbons (Fsp3) is 0.938. The standard InChI is InChI=1S/C16H28N2O3/c19-16(7-8-17-13-5-6-13)18(11-14-3-1-9-20-14)12-15-4-2-10-21-15/h13-15,17H,1-12H2. The van der Waals surface area contributed by atoms with Crippen LogP contribution in [-0.4, -0.2) is 61.9 Å². The van der Waals surface area contributed by atoms with Crippen LogP contribution in [0.1, 0.15) is 44.9 Å². The first-order valence-electron chi connectivity index (χ1n) is 8.55. The molecule has 0 aromatic heterocycles. The van der Waals surface area contributed by atoms with E-state index in [2.05, 4.69) is 5.32 Å². The lowest BCUT2D eigenvalue weighted by Crippen LogP contribution is -2.42. The molecule has 0 bridgehead atoms. The van der Waals surface area contributed by atoms with Crippen molar-refractivity contribution in [2.24, 2.45) is 0 Å². The Morgan fingerprint density at radius 2 is 1.62 bits per heavy atom. The minimum atomic E-state index is 0.228. The topological polar surface area (TPSA) is 50.8 Å². The third kappa shape index (κ3) is 4.94. The molecule has 2 heterocycles. The number of hydrogen-bond donors (Lipinski definition) is 1. The fourth-order valence-electron chi connectivity index (χ4n) is 3.18. The van der Waals surface area contributed by atoms with Gasteiger partial charge < -0.3 is 19.7 Å². The Balaban J connectivity index is 1.46. The highest BCUT2D eigenvalue weighted by atomic mass is 16.5. The molecule has 120 valence electrons. The Kier molecular flexibility index (Phi) is 5.49. The van der Waals surface area contributed by atoms with E-state index >= 15 is 0 Å². The summed E-state index contributed by atoms with van der Waals surface area (Å²) in [6.45, 7) is 3.97. The van der Waals surface area contributed by atoms with E-state index in [1.54, 1.807) is 0 Å². The van der Waals surface area contributed by atoms with Gasteiger partial charge in [0.25, 0.3) is 0 Å². The van der Waals surface area contributed by atoms with E-state index in [1.165, 1.54) is 12.8 Å². The predicted octanol–water partition coefficient (Wildman–Crippen LogP) is 1.32. The third-order valence-electron chi connectivity index (χ3n) is 4.60. The van der Waals surface area contributed by atoms with Crippen molar-refractivity contribution < 1.29 is 14.3 Å². The summed E-state index contributed by atoms with van der Waals surface area (Å²) in [5.41, 5.74) is 0. The molecule has 5 nitrogen and oxygen atoms in total. The molecule has 1 amide bonds. The number of carbonyl (C=O) groups is 1. The predicted molar refractivity (Wildman–Crippen MR) is 80.2 cm³/mol. The number of rotatable bonds is 8. The molecule has 1 saturated carbocycles. The van der Waals surface area contributed by atoms with Gasteiger partial charge >= 0.3 is 0 Å². The molecule has 1 aliphatic carbocycles. The minimum Gasteiger partial charge on any atom is -0.376 e. The molecular weight excluding hydrogens is 268 g/mol. The van der Waals surface area contributed by atoms with Crippen LogP contribution in [0.3, 0.4) is 0 Å². The highest BCUT2D eigenvalue weighted by molar-refractivity contribution is 5.76. The Bertz CT molecular complexity index is 316. The van der Waals surface area contributed by atoms with Crippen LogP contribution in [0, 0.1) is 0 Å². The van der Waals surface area contributed by atoms with E-state index in [4.69, 9.17) is 9.47 Å². The summed E-state index contributed by atoms with van der Waals surface area (Å²) in [6, 6.07) is 0.669. The van der Waals surface area contributed by atoms with Crippen molar-refractivity contribution in [3.05, 3.63) is 0 Å². The summed E-state index contributed by atoms with van der Waals surface area (Å²) < 4.78 is 11.4. The largest absolute Gasteiger partial charge is 0.376 e. The van der Waals surface area contributed by atoms with E-state index in [1.807, 2.05) is 4.90 Å². The summed E-state index contributed by atoms with van der Waals surface area (Å²) >= 11 is 0. The molecule has 0 aromatic carbocycles. The maximum atomic E-state index is 12.5. The number of carbonyl (C=O) groups excluding carboxylic acids is 1. The highest BCUT2D eigenvalue weighted by Crippen LogP contribution is 2.19. The lowest BCUT2D eigenvalue weighted by atomic mass is 10.2. The lowest BCUT2D eigenvalue weighted by Gasteiger charge is -2.28. The van der Waals surface area contributed by atoms with Crippen LogP contribution in [0.25, 0.3) is 0 Å². The van der Waals surface area contributed by atoms with Gasteiger partial charge in [-0.05, 0) is 38.5 Å². The smallest absolute Gasteiger partial charge is 0.224 e. The van der Waals surface area contributed by atoms with Crippen LogP contribution in [0.2, 0.25) is 0 Å². The lowest BCUT2D eigenvalue weighted by molar-refractivity contribution is -0.134.